The van der Waals surface area contributed by atoms with Crippen LogP contribution in [-0.2, 0) is 14.6 Å². The van der Waals surface area contributed by atoms with Crippen molar-refractivity contribution in [2.75, 3.05) is 19.6 Å². The quantitative estimate of drug-likeness (QED) is 0.644. The van der Waals surface area contributed by atoms with E-state index in [9.17, 15) is 22.0 Å². The highest BCUT2D eigenvalue weighted by atomic mass is 32.2. The fraction of sp³-hybridized carbons (Fsp3) is 0.750. The van der Waals surface area contributed by atoms with Gasteiger partial charge >= 0.3 is 0 Å². The number of carbonyl (C=O) groups excluding carboxylic acids is 1. The van der Waals surface area contributed by atoms with Gasteiger partial charge in [0.05, 0.1) is 11.8 Å². The Morgan fingerprint density at radius 3 is 2.29 bits per heavy atom. The molecule has 1 saturated heterocycles. The highest BCUT2D eigenvalue weighted by Crippen LogP contribution is 2.28. The number of alkyl halides is 2. The Morgan fingerprint density at radius 2 is 1.75 bits per heavy atom. The van der Waals surface area contributed by atoms with Crippen molar-refractivity contribution in [1.29, 1.82) is 0 Å². The molecule has 0 aromatic carbocycles. The van der Waals surface area contributed by atoms with E-state index in [4.69, 9.17) is 0 Å². The minimum atomic E-state index is -3.68. The first kappa shape index (κ1) is 23.0. The minimum Gasteiger partial charge on any atom is -0.342 e. The number of piperidine rings is 1. The van der Waals surface area contributed by atoms with E-state index < -0.39 is 26.6 Å². The number of carbonyl (C=O) groups is 1. The molecule has 1 N–H and O–H groups in total. The Labute approximate surface area is 167 Å². The van der Waals surface area contributed by atoms with Gasteiger partial charge in [0.15, 0.2) is 9.84 Å². The third-order valence-corrected chi connectivity index (χ3v) is 8.14. The van der Waals surface area contributed by atoms with Crippen LogP contribution in [0, 0.1) is 0 Å². The van der Waals surface area contributed by atoms with Crippen LogP contribution in [0.2, 0.25) is 0 Å². The molecule has 1 heterocycles. The van der Waals surface area contributed by atoms with Gasteiger partial charge in [0.2, 0.25) is 5.91 Å². The highest BCUT2D eigenvalue weighted by Gasteiger charge is 2.34. The monoisotopic (exact) mass is 418 g/mol. The number of nitrogens with one attached hydrogen (secondary N) is 1. The lowest BCUT2D eigenvalue weighted by Gasteiger charge is -2.32. The van der Waals surface area contributed by atoms with E-state index in [-0.39, 0.29) is 17.4 Å². The van der Waals surface area contributed by atoms with Gasteiger partial charge in [0, 0.05) is 36.5 Å². The topological polar surface area (TPSA) is 66.5 Å². The van der Waals surface area contributed by atoms with Crippen molar-refractivity contribution < 1.29 is 22.0 Å². The largest absolute Gasteiger partial charge is 0.342 e. The number of hydrogen-bond acceptors (Lipinski definition) is 4. The summed E-state index contributed by atoms with van der Waals surface area (Å²) in [7, 11) is -3.68. The number of nitrogens with zero attached hydrogens (tertiary/aromatic N) is 1. The summed E-state index contributed by atoms with van der Waals surface area (Å²) in [5.41, 5.74) is -0.519. The van der Waals surface area contributed by atoms with E-state index in [2.05, 4.69) is 11.9 Å². The smallest absolute Gasteiger partial charge is 0.269 e. The van der Waals surface area contributed by atoms with Crippen LogP contribution >= 0.6 is 0 Å². The highest BCUT2D eigenvalue weighted by molar-refractivity contribution is 7.95. The molecule has 8 heteroatoms. The van der Waals surface area contributed by atoms with Crippen LogP contribution in [0.1, 0.15) is 58.8 Å². The molecule has 0 spiro atoms. The van der Waals surface area contributed by atoms with Crippen LogP contribution in [0.3, 0.4) is 0 Å². The first-order chi connectivity index (χ1) is 13.0. The molecule has 1 aliphatic carbocycles. The summed E-state index contributed by atoms with van der Waals surface area (Å²) < 4.78 is 51.9. The predicted molar refractivity (Wildman–Crippen MR) is 107 cm³/mol. The van der Waals surface area contributed by atoms with Crippen LogP contribution in [-0.4, -0.2) is 56.1 Å². The summed E-state index contributed by atoms with van der Waals surface area (Å²) in [6, 6.07) is 0.396. The molecule has 2 fully saturated rings. The van der Waals surface area contributed by atoms with Gasteiger partial charge in [0.25, 0.3) is 5.92 Å². The average Bonchev–Trinajstić information content (AvgIpc) is 2.66. The average molecular weight is 419 g/mol. The van der Waals surface area contributed by atoms with E-state index in [0.29, 0.717) is 38.9 Å². The van der Waals surface area contributed by atoms with Crippen LogP contribution in [0.5, 0.6) is 0 Å². The van der Waals surface area contributed by atoms with Crippen molar-refractivity contribution >= 4 is 15.7 Å². The SMILES string of the molecule is C=C(C=C(C)S(=O)(=O)C1CCN(C(=O)CNC2CCCCC2)CC1)C(C)(F)F. The number of amides is 1. The molecule has 1 amide bonds. The van der Waals surface area contributed by atoms with Gasteiger partial charge in [-0.15, -0.1) is 0 Å². The second kappa shape index (κ2) is 9.48. The molecule has 2 aliphatic rings. The fourth-order valence-electron chi connectivity index (χ4n) is 3.78. The van der Waals surface area contributed by atoms with Gasteiger partial charge in [-0.2, -0.15) is 0 Å². The van der Waals surface area contributed by atoms with Crippen molar-refractivity contribution in [3.63, 3.8) is 0 Å². The third-order valence-electron chi connectivity index (χ3n) is 5.77. The molecule has 0 radical (unpaired) electrons. The zero-order valence-corrected chi connectivity index (χ0v) is 17.7. The van der Waals surface area contributed by atoms with Crippen LogP contribution < -0.4 is 5.32 Å². The van der Waals surface area contributed by atoms with E-state index in [1.54, 1.807) is 4.90 Å². The van der Waals surface area contributed by atoms with Gasteiger partial charge in [0.1, 0.15) is 0 Å². The van der Waals surface area contributed by atoms with Crippen LogP contribution in [0.4, 0.5) is 8.78 Å². The number of rotatable bonds is 7. The lowest BCUT2D eigenvalue weighted by molar-refractivity contribution is -0.131. The van der Waals surface area contributed by atoms with Crippen molar-refractivity contribution in [1.82, 2.24) is 10.2 Å². The van der Waals surface area contributed by atoms with Gasteiger partial charge in [-0.05, 0) is 38.7 Å². The van der Waals surface area contributed by atoms with E-state index in [0.717, 1.165) is 18.9 Å². The molecule has 0 aromatic rings. The number of allylic oxidation sites excluding steroid dienone is 3. The zero-order valence-electron chi connectivity index (χ0n) is 16.8. The maximum Gasteiger partial charge on any atom is 0.269 e. The molecule has 5 nitrogen and oxygen atoms in total. The molecular formula is C20H32F2N2O3S. The van der Waals surface area contributed by atoms with Crippen molar-refractivity contribution in [3.8, 4) is 0 Å². The fourth-order valence-corrected chi connectivity index (χ4v) is 5.45. The molecule has 28 heavy (non-hydrogen) atoms. The summed E-state index contributed by atoms with van der Waals surface area (Å²) in [4.78, 5) is 14.0. The van der Waals surface area contributed by atoms with Crippen LogP contribution in [0.15, 0.2) is 23.1 Å². The molecule has 0 aromatic heterocycles. The third kappa shape index (κ3) is 6.11. The Hall–Kier alpha value is -1.28. The summed E-state index contributed by atoms with van der Waals surface area (Å²) in [6.45, 7) is 6.31. The summed E-state index contributed by atoms with van der Waals surface area (Å²) in [5, 5.41) is 2.66. The van der Waals surface area contributed by atoms with Crippen molar-refractivity contribution in [2.45, 2.75) is 76.0 Å². The number of hydrogen-bond donors (Lipinski definition) is 1. The number of sulfone groups is 1. The summed E-state index contributed by atoms with van der Waals surface area (Å²) >= 11 is 0. The standard InChI is InChI=1S/C20H32F2N2O3S/c1-15(20(3,21)22)13-16(2)28(26,27)18-9-11-24(12-10-18)19(25)14-23-17-7-5-4-6-8-17/h13,17-18,23H,1,4-12,14H2,2-3H3. The van der Waals surface area contributed by atoms with Gasteiger partial charge in [-0.1, -0.05) is 25.8 Å². The summed E-state index contributed by atoms with van der Waals surface area (Å²) in [5.74, 6) is -3.16. The number of likely N-dealkylation sites (tertiary alicyclic amines) is 1. The Bertz CT molecular complexity index is 699. The number of halogens is 2. The van der Waals surface area contributed by atoms with Gasteiger partial charge in [-0.25, -0.2) is 17.2 Å². The maximum atomic E-state index is 13.3. The zero-order chi connectivity index (χ0) is 20.9. The normalized spacial score (nSPS) is 21.0. The second-order valence-electron chi connectivity index (χ2n) is 8.01. The first-order valence-corrected chi connectivity index (χ1v) is 11.6. The first-order valence-electron chi connectivity index (χ1n) is 10.0. The van der Waals surface area contributed by atoms with E-state index >= 15 is 0 Å². The Morgan fingerprint density at radius 1 is 1.18 bits per heavy atom. The lowest BCUT2D eigenvalue weighted by atomic mass is 9.95. The summed E-state index contributed by atoms with van der Waals surface area (Å²) in [6.07, 6.45) is 7.43. The predicted octanol–water partition coefficient (Wildman–Crippen LogP) is 3.43. The molecule has 1 saturated carbocycles. The molecule has 2 rings (SSSR count). The maximum absolute atomic E-state index is 13.3. The van der Waals surface area contributed by atoms with Gasteiger partial charge in [-0.3, -0.25) is 4.79 Å². The molecule has 0 unspecified atom stereocenters. The Kier molecular flexibility index (Phi) is 7.79. The van der Waals surface area contributed by atoms with Crippen molar-refractivity contribution in [3.05, 3.63) is 23.1 Å². The second-order valence-corrected chi connectivity index (χ2v) is 10.4. The Balaban J connectivity index is 1.87. The lowest BCUT2D eigenvalue weighted by Crippen LogP contribution is -2.47. The molecule has 160 valence electrons. The van der Waals surface area contributed by atoms with E-state index in [1.807, 2.05) is 0 Å². The molecule has 0 atom stereocenters. The van der Waals surface area contributed by atoms with Gasteiger partial charge < -0.3 is 10.2 Å². The van der Waals surface area contributed by atoms with E-state index in [1.165, 1.54) is 26.2 Å². The molecular weight excluding hydrogens is 386 g/mol. The minimum absolute atomic E-state index is 0.00677. The molecule has 1 aliphatic heterocycles. The van der Waals surface area contributed by atoms with Crippen LogP contribution in [0.25, 0.3) is 0 Å². The molecule has 0 bridgehead atoms. The van der Waals surface area contributed by atoms with Crippen molar-refractivity contribution in [2.24, 2.45) is 0 Å².